The molecule has 9 heteroatoms. The van der Waals surface area contributed by atoms with Crippen LogP contribution in [0.3, 0.4) is 0 Å². The molecule has 0 radical (unpaired) electrons. The van der Waals surface area contributed by atoms with Crippen LogP contribution in [0.4, 0.5) is 0 Å². The molecule has 0 N–H and O–H groups in total. The first-order valence-electron chi connectivity index (χ1n) is 6.30. The molecule has 0 aromatic carbocycles. The van der Waals surface area contributed by atoms with Crippen LogP contribution in [0.1, 0.15) is 31.1 Å². The zero-order valence-corrected chi connectivity index (χ0v) is 12.5. The van der Waals surface area contributed by atoms with Crippen LogP contribution in [0, 0.1) is 0 Å². The van der Waals surface area contributed by atoms with Gasteiger partial charge in [0.1, 0.15) is 0 Å². The van der Waals surface area contributed by atoms with Gasteiger partial charge in [0.15, 0.2) is 0 Å². The SMILES string of the molecule is CCOC(=O)c1cnn(-c2nc(Cl)nc(OC(C)C)n2)c1. The molecule has 0 amide bonds. The van der Waals surface area contributed by atoms with Gasteiger partial charge in [-0.3, -0.25) is 0 Å². The molecule has 0 aliphatic carbocycles. The zero-order valence-electron chi connectivity index (χ0n) is 11.8. The van der Waals surface area contributed by atoms with Crippen molar-refractivity contribution in [2.45, 2.75) is 26.9 Å². The lowest BCUT2D eigenvalue weighted by atomic mass is 10.4. The van der Waals surface area contributed by atoms with Crippen molar-refractivity contribution < 1.29 is 14.3 Å². The quantitative estimate of drug-likeness (QED) is 0.775. The summed E-state index contributed by atoms with van der Waals surface area (Å²) in [5.41, 5.74) is 0.291. The zero-order chi connectivity index (χ0) is 15.4. The number of rotatable bonds is 5. The molecule has 0 fully saturated rings. The van der Waals surface area contributed by atoms with E-state index in [2.05, 4.69) is 20.1 Å². The number of carbonyl (C=O) groups is 1. The molecule has 0 saturated carbocycles. The number of ether oxygens (including phenoxy) is 2. The molecule has 0 bridgehead atoms. The average Bonchev–Trinajstić information content (AvgIpc) is 2.87. The predicted octanol–water partition coefficient (Wildman–Crippen LogP) is 1.67. The summed E-state index contributed by atoms with van der Waals surface area (Å²) in [5.74, 6) is -0.316. The summed E-state index contributed by atoms with van der Waals surface area (Å²) in [6.07, 6.45) is 2.70. The van der Waals surface area contributed by atoms with Crippen molar-refractivity contribution >= 4 is 17.6 Å². The van der Waals surface area contributed by atoms with E-state index in [0.29, 0.717) is 5.56 Å². The van der Waals surface area contributed by atoms with E-state index in [4.69, 9.17) is 21.1 Å². The van der Waals surface area contributed by atoms with Crippen molar-refractivity contribution in [1.82, 2.24) is 24.7 Å². The molecular weight excluding hydrogens is 298 g/mol. The fourth-order valence-electron chi connectivity index (χ4n) is 1.44. The van der Waals surface area contributed by atoms with Crippen LogP contribution in [0.5, 0.6) is 6.01 Å². The number of hydrogen-bond acceptors (Lipinski definition) is 7. The maximum Gasteiger partial charge on any atom is 0.341 e. The van der Waals surface area contributed by atoms with E-state index in [1.807, 2.05) is 13.8 Å². The van der Waals surface area contributed by atoms with Gasteiger partial charge in [0.05, 0.1) is 24.5 Å². The van der Waals surface area contributed by atoms with Crippen LogP contribution < -0.4 is 4.74 Å². The summed E-state index contributed by atoms with van der Waals surface area (Å²) < 4.78 is 11.6. The molecule has 0 aliphatic heterocycles. The van der Waals surface area contributed by atoms with Crippen molar-refractivity contribution in [3.05, 3.63) is 23.2 Å². The monoisotopic (exact) mass is 311 g/mol. The van der Waals surface area contributed by atoms with Gasteiger partial charge >= 0.3 is 12.0 Å². The van der Waals surface area contributed by atoms with Crippen molar-refractivity contribution in [3.8, 4) is 12.0 Å². The molecule has 0 unspecified atom stereocenters. The highest BCUT2D eigenvalue weighted by Gasteiger charge is 2.14. The van der Waals surface area contributed by atoms with Gasteiger partial charge in [0, 0.05) is 6.20 Å². The third-order valence-electron chi connectivity index (χ3n) is 2.22. The van der Waals surface area contributed by atoms with E-state index >= 15 is 0 Å². The van der Waals surface area contributed by atoms with Crippen LogP contribution in [0.15, 0.2) is 12.4 Å². The molecule has 0 atom stereocenters. The number of carbonyl (C=O) groups excluding carboxylic acids is 1. The Morgan fingerprint density at radius 2 is 2.14 bits per heavy atom. The number of nitrogens with zero attached hydrogens (tertiary/aromatic N) is 5. The summed E-state index contributed by atoms with van der Waals surface area (Å²) in [5, 5.41) is 3.98. The van der Waals surface area contributed by atoms with E-state index in [1.165, 1.54) is 17.1 Å². The first-order valence-corrected chi connectivity index (χ1v) is 6.67. The maximum atomic E-state index is 11.6. The highest BCUT2D eigenvalue weighted by Crippen LogP contribution is 2.13. The lowest BCUT2D eigenvalue weighted by Gasteiger charge is -2.08. The largest absolute Gasteiger partial charge is 0.462 e. The molecule has 2 heterocycles. The van der Waals surface area contributed by atoms with Crippen LogP contribution in [-0.4, -0.2) is 43.4 Å². The second-order valence-corrected chi connectivity index (χ2v) is 4.59. The molecule has 0 spiro atoms. The Hall–Kier alpha value is -2.22. The molecule has 112 valence electrons. The highest BCUT2D eigenvalue weighted by molar-refractivity contribution is 6.28. The average molecular weight is 312 g/mol. The Labute approximate surface area is 126 Å². The highest BCUT2D eigenvalue weighted by atomic mass is 35.5. The van der Waals surface area contributed by atoms with Gasteiger partial charge in [0.2, 0.25) is 5.28 Å². The van der Waals surface area contributed by atoms with Gasteiger partial charge < -0.3 is 9.47 Å². The number of halogens is 1. The third kappa shape index (κ3) is 3.88. The van der Waals surface area contributed by atoms with Gasteiger partial charge in [-0.25, -0.2) is 9.48 Å². The second-order valence-electron chi connectivity index (χ2n) is 4.25. The second kappa shape index (κ2) is 6.49. The van der Waals surface area contributed by atoms with Crippen LogP contribution >= 0.6 is 11.6 Å². The summed E-state index contributed by atoms with van der Waals surface area (Å²) in [7, 11) is 0. The van der Waals surface area contributed by atoms with E-state index in [9.17, 15) is 4.79 Å². The molecule has 2 aromatic rings. The minimum absolute atomic E-state index is 0.0242. The van der Waals surface area contributed by atoms with E-state index in [-0.39, 0.29) is 30.0 Å². The lowest BCUT2D eigenvalue weighted by molar-refractivity contribution is 0.0526. The van der Waals surface area contributed by atoms with Gasteiger partial charge in [0.25, 0.3) is 5.95 Å². The smallest absolute Gasteiger partial charge is 0.341 e. The van der Waals surface area contributed by atoms with Crippen LogP contribution in [0.2, 0.25) is 5.28 Å². The molecular formula is C12H14ClN5O3. The molecule has 2 aromatic heterocycles. The van der Waals surface area contributed by atoms with Gasteiger partial charge in [-0.1, -0.05) is 0 Å². The summed E-state index contributed by atoms with van der Waals surface area (Å²) in [6.45, 7) is 5.69. The Kier molecular flexibility index (Phi) is 4.69. The lowest BCUT2D eigenvalue weighted by Crippen LogP contribution is -2.11. The van der Waals surface area contributed by atoms with Crippen LogP contribution in [-0.2, 0) is 4.74 Å². The maximum absolute atomic E-state index is 11.6. The Morgan fingerprint density at radius 1 is 1.38 bits per heavy atom. The Morgan fingerprint density at radius 3 is 2.81 bits per heavy atom. The summed E-state index contributed by atoms with van der Waals surface area (Å²) in [6, 6.07) is 0.0909. The molecule has 2 rings (SSSR count). The van der Waals surface area contributed by atoms with Crippen molar-refractivity contribution in [1.29, 1.82) is 0 Å². The number of esters is 1. The normalized spacial score (nSPS) is 10.7. The van der Waals surface area contributed by atoms with Gasteiger partial charge in [-0.2, -0.15) is 20.1 Å². The molecule has 21 heavy (non-hydrogen) atoms. The van der Waals surface area contributed by atoms with Crippen molar-refractivity contribution in [3.63, 3.8) is 0 Å². The fourth-order valence-corrected chi connectivity index (χ4v) is 1.59. The number of hydrogen-bond donors (Lipinski definition) is 0. The number of aromatic nitrogens is 5. The molecule has 8 nitrogen and oxygen atoms in total. The minimum atomic E-state index is -0.470. The topological polar surface area (TPSA) is 92.0 Å². The summed E-state index contributed by atoms with van der Waals surface area (Å²) >= 11 is 5.83. The van der Waals surface area contributed by atoms with E-state index in [1.54, 1.807) is 6.92 Å². The standard InChI is InChI=1S/C12H14ClN5O3/c1-4-20-9(19)8-5-14-18(6-8)11-15-10(13)16-12(17-11)21-7(2)3/h5-7H,4H2,1-3H3. The third-order valence-corrected chi connectivity index (χ3v) is 2.38. The van der Waals surface area contributed by atoms with Crippen LogP contribution in [0.25, 0.3) is 5.95 Å². The van der Waals surface area contributed by atoms with Gasteiger partial charge in [-0.15, -0.1) is 0 Å². The first kappa shape index (κ1) is 15.2. The fraction of sp³-hybridized carbons (Fsp3) is 0.417. The Bertz CT molecular complexity index is 644. The van der Waals surface area contributed by atoms with Crippen molar-refractivity contribution in [2.24, 2.45) is 0 Å². The van der Waals surface area contributed by atoms with E-state index < -0.39 is 5.97 Å². The summed E-state index contributed by atoms with van der Waals surface area (Å²) in [4.78, 5) is 23.5. The first-order chi connectivity index (χ1) is 9.99. The van der Waals surface area contributed by atoms with E-state index in [0.717, 1.165) is 0 Å². The minimum Gasteiger partial charge on any atom is -0.462 e. The molecule has 0 saturated heterocycles. The predicted molar refractivity (Wildman–Crippen MR) is 73.7 cm³/mol. The van der Waals surface area contributed by atoms with Crippen molar-refractivity contribution in [2.75, 3.05) is 6.61 Å². The molecule has 0 aliphatic rings. The Balaban J connectivity index is 2.29. The van der Waals surface area contributed by atoms with Gasteiger partial charge in [-0.05, 0) is 32.4 Å².